The molecule has 0 saturated heterocycles. The van der Waals surface area contributed by atoms with E-state index in [0.717, 1.165) is 12.8 Å². The van der Waals surface area contributed by atoms with E-state index in [4.69, 9.17) is 0 Å². The van der Waals surface area contributed by atoms with Gasteiger partial charge in [0.25, 0.3) is 0 Å². The van der Waals surface area contributed by atoms with Gasteiger partial charge in [-0.1, -0.05) is 85.8 Å². The summed E-state index contributed by atoms with van der Waals surface area (Å²) in [6.07, 6.45) is 7.03. The molecule has 1 aliphatic heterocycles. The fraction of sp³-hybridized carbons (Fsp3) is 0.214. The second kappa shape index (κ2) is 6.49. The Balaban J connectivity index is 1.65. The highest BCUT2D eigenvalue weighted by Gasteiger charge is 2.39. The Bertz CT molecular complexity index is 1210. The van der Waals surface area contributed by atoms with E-state index < -0.39 is 0 Å². The molecule has 0 spiro atoms. The molecule has 3 atom stereocenters. The standard InChI is InChI=1S/C28H25N/c1-2-18-11-7-15-24-23-14-8-16-25(23)28(29-27(18)24)26-21-12-5-3-9-19(21)17-20-10-4-6-13-22(20)26/h3-15,17,23,25,28-29H,2,16H2,1H3/t23-,25-,28+/m0/s1. The van der Waals surface area contributed by atoms with Gasteiger partial charge < -0.3 is 5.32 Å². The van der Waals surface area contributed by atoms with Gasteiger partial charge in [-0.2, -0.15) is 0 Å². The number of nitrogens with one attached hydrogen (secondary N) is 1. The van der Waals surface area contributed by atoms with Crippen LogP contribution >= 0.6 is 0 Å². The zero-order chi connectivity index (χ0) is 19.4. The van der Waals surface area contributed by atoms with Crippen molar-refractivity contribution in [1.82, 2.24) is 0 Å². The van der Waals surface area contributed by atoms with Crippen molar-refractivity contribution in [2.45, 2.75) is 31.7 Å². The predicted molar refractivity (Wildman–Crippen MR) is 124 cm³/mol. The van der Waals surface area contributed by atoms with Gasteiger partial charge >= 0.3 is 0 Å². The molecule has 0 aromatic heterocycles. The summed E-state index contributed by atoms with van der Waals surface area (Å²) < 4.78 is 0. The molecule has 1 N–H and O–H groups in total. The van der Waals surface area contributed by atoms with E-state index >= 15 is 0 Å². The lowest BCUT2D eigenvalue weighted by Crippen LogP contribution is -2.30. The molecular formula is C28H25N. The van der Waals surface area contributed by atoms with E-state index in [9.17, 15) is 0 Å². The van der Waals surface area contributed by atoms with Crippen LogP contribution in [0.4, 0.5) is 5.69 Å². The van der Waals surface area contributed by atoms with E-state index in [0.29, 0.717) is 17.9 Å². The van der Waals surface area contributed by atoms with E-state index in [-0.39, 0.29) is 0 Å². The highest BCUT2D eigenvalue weighted by atomic mass is 15.0. The van der Waals surface area contributed by atoms with Gasteiger partial charge in [0.15, 0.2) is 0 Å². The first-order valence-electron chi connectivity index (χ1n) is 10.8. The summed E-state index contributed by atoms with van der Waals surface area (Å²) in [7, 11) is 0. The van der Waals surface area contributed by atoms with Crippen LogP contribution < -0.4 is 5.32 Å². The molecule has 4 aromatic rings. The molecular weight excluding hydrogens is 350 g/mol. The van der Waals surface area contributed by atoms with Crippen molar-refractivity contribution in [3.8, 4) is 0 Å². The average molecular weight is 376 g/mol. The van der Waals surface area contributed by atoms with Crippen molar-refractivity contribution in [2.75, 3.05) is 5.32 Å². The number of hydrogen-bond acceptors (Lipinski definition) is 1. The largest absolute Gasteiger partial charge is 0.377 e. The molecule has 0 unspecified atom stereocenters. The van der Waals surface area contributed by atoms with E-state index in [1.807, 2.05) is 0 Å². The van der Waals surface area contributed by atoms with Gasteiger partial charge in [0.1, 0.15) is 0 Å². The average Bonchev–Trinajstić information content (AvgIpc) is 3.27. The number of anilines is 1. The number of rotatable bonds is 2. The first-order valence-corrected chi connectivity index (χ1v) is 10.8. The Labute approximate surface area is 172 Å². The Hall–Kier alpha value is -3.06. The number of allylic oxidation sites excluding steroid dienone is 2. The first kappa shape index (κ1) is 16.9. The third kappa shape index (κ3) is 2.47. The smallest absolute Gasteiger partial charge is 0.0566 e. The van der Waals surface area contributed by atoms with Gasteiger partial charge in [-0.25, -0.2) is 0 Å². The number of hydrogen-bond donors (Lipinski definition) is 1. The van der Waals surface area contributed by atoms with Crippen molar-refractivity contribution in [3.05, 3.63) is 102 Å². The second-order valence-electron chi connectivity index (χ2n) is 8.44. The van der Waals surface area contributed by atoms with Crippen LogP contribution in [-0.2, 0) is 6.42 Å². The fourth-order valence-electron chi connectivity index (χ4n) is 5.65. The van der Waals surface area contributed by atoms with Crippen molar-refractivity contribution in [3.63, 3.8) is 0 Å². The Morgan fingerprint density at radius 3 is 2.31 bits per heavy atom. The number of fused-ring (bicyclic) bond motifs is 5. The summed E-state index contributed by atoms with van der Waals surface area (Å²) in [5.74, 6) is 1.06. The van der Waals surface area contributed by atoms with Crippen molar-refractivity contribution in [2.24, 2.45) is 5.92 Å². The Morgan fingerprint density at radius 1 is 0.862 bits per heavy atom. The van der Waals surface area contributed by atoms with E-state index in [1.165, 1.54) is 43.9 Å². The molecule has 1 nitrogen and oxygen atoms in total. The second-order valence-corrected chi connectivity index (χ2v) is 8.44. The van der Waals surface area contributed by atoms with Crippen LogP contribution in [-0.4, -0.2) is 0 Å². The summed E-state index contributed by atoms with van der Waals surface area (Å²) >= 11 is 0. The van der Waals surface area contributed by atoms with Crippen molar-refractivity contribution < 1.29 is 0 Å². The SMILES string of the molecule is CCc1cccc2c1N[C@@H](c1c3ccccc3cc3ccccc13)[C@H]1CC=C[C@@H]21. The van der Waals surface area contributed by atoms with Crippen LogP contribution in [0.15, 0.2) is 84.9 Å². The van der Waals surface area contributed by atoms with Crippen LogP contribution in [0.1, 0.15) is 42.0 Å². The number of aryl methyl sites for hydroxylation is 1. The first-order chi connectivity index (χ1) is 14.3. The molecule has 142 valence electrons. The third-order valence-corrected chi connectivity index (χ3v) is 6.99. The molecule has 1 heterocycles. The Kier molecular flexibility index (Phi) is 3.77. The minimum absolute atomic E-state index is 0.311. The zero-order valence-corrected chi connectivity index (χ0v) is 16.7. The van der Waals surface area contributed by atoms with Gasteiger partial charge in [0, 0.05) is 11.6 Å². The van der Waals surface area contributed by atoms with E-state index in [1.54, 1.807) is 0 Å². The topological polar surface area (TPSA) is 12.0 Å². The van der Waals surface area contributed by atoms with Gasteiger partial charge in [-0.15, -0.1) is 0 Å². The molecule has 0 radical (unpaired) electrons. The van der Waals surface area contributed by atoms with Gasteiger partial charge in [0.2, 0.25) is 0 Å². The third-order valence-electron chi connectivity index (χ3n) is 6.99. The molecule has 29 heavy (non-hydrogen) atoms. The molecule has 0 saturated carbocycles. The Morgan fingerprint density at radius 2 is 1.59 bits per heavy atom. The normalized spacial score (nSPS) is 22.4. The van der Waals surface area contributed by atoms with Crippen LogP contribution in [0.2, 0.25) is 0 Å². The van der Waals surface area contributed by atoms with Gasteiger partial charge in [-0.05, 0) is 63.1 Å². The predicted octanol–water partition coefficient (Wildman–Crippen LogP) is 7.38. The number of benzene rings is 4. The minimum atomic E-state index is 0.311. The van der Waals surface area contributed by atoms with Crippen molar-refractivity contribution in [1.29, 1.82) is 0 Å². The molecule has 0 fully saturated rings. The monoisotopic (exact) mass is 375 g/mol. The maximum Gasteiger partial charge on any atom is 0.0566 e. The summed E-state index contributed by atoms with van der Waals surface area (Å²) in [6, 6.07) is 27.3. The highest BCUT2D eigenvalue weighted by molar-refractivity contribution is 6.03. The molecule has 1 heteroatoms. The van der Waals surface area contributed by atoms with Crippen LogP contribution in [0.3, 0.4) is 0 Å². The molecule has 1 aliphatic carbocycles. The molecule has 2 aliphatic rings. The van der Waals surface area contributed by atoms with Gasteiger partial charge in [-0.3, -0.25) is 0 Å². The van der Waals surface area contributed by atoms with Crippen molar-refractivity contribution >= 4 is 27.2 Å². The fourth-order valence-corrected chi connectivity index (χ4v) is 5.65. The quantitative estimate of drug-likeness (QED) is 0.285. The lowest BCUT2D eigenvalue weighted by Gasteiger charge is -2.39. The summed E-state index contributed by atoms with van der Waals surface area (Å²) in [4.78, 5) is 0. The molecule has 6 rings (SSSR count). The summed E-state index contributed by atoms with van der Waals surface area (Å²) in [5, 5.41) is 9.48. The van der Waals surface area contributed by atoms with Crippen LogP contribution in [0, 0.1) is 5.92 Å². The zero-order valence-electron chi connectivity index (χ0n) is 16.7. The van der Waals surface area contributed by atoms with Gasteiger partial charge in [0.05, 0.1) is 6.04 Å². The number of para-hydroxylation sites is 1. The molecule has 0 amide bonds. The lowest BCUT2D eigenvalue weighted by atomic mass is 9.74. The maximum atomic E-state index is 4.05. The maximum absolute atomic E-state index is 4.05. The lowest BCUT2D eigenvalue weighted by molar-refractivity contribution is 0.428. The summed E-state index contributed by atoms with van der Waals surface area (Å²) in [5.41, 5.74) is 5.73. The van der Waals surface area contributed by atoms with Crippen LogP contribution in [0.5, 0.6) is 0 Å². The summed E-state index contributed by atoms with van der Waals surface area (Å²) in [6.45, 7) is 2.26. The van der Waals surface area contributed by atoms with E-state index in [2.05, 4.69) is 97.2 Å². The highest BCUT2D eigenvalue weighted by Crippen LogP contribution is 2.52. The molecule has 4 aromatic carbocycles. The molecule has 0 bridgehead atoms. The minimum Gasteiger partial charge on any atom is -0.377 e. The van der Waals surface area contributed by atoms with Crippen LogP contribution in [0.25, 0.3) is 21.5 Å².